The van der Waals surface area contributed by atoms with Crippen molar-refractivity contribution in [2.45, 2.75) is 39.3 Å². The van der Waals surface area contributed by atoms with Crippen molar-refractivity contribution < 1.29 is 14.3 Å². The summed E-state index contributed by atoms with van der Waals surface area (Å²) in [6, 6.07) is 5.26. The molecule has 0 heterocycles. The van der Waals surface area contributed by atoms with Crippen LogP contribution in [0, 0.1) is 0 Å². The van der Waals surface area contributed by atoms with E-state index >= 15 is 0 Å². The van der Waals surface area contributed by atoms with Crippen LogP contribution in [-0.2, 0) is 4.79 Å². The van der Waals surface area contributed by atoms with Crippen LogP contribution in [0.2, 0.25) is 0 Å². The highest BCUT2D eigenvalue weighted by Crippen LogP contribution is 2.29. The topological polar surface area (TPSA) is 73.6 Å². The summed E-state index contributed by atoms with van der Waals surface area (Å²) in [6.07, 6.45) is 0.314. The molecule has 3 N–H and O–H groups in total. The average molecular weight is 280 g/mol. The summed E-state index contributed by atoms with van der Waals surface area (Å²) in [7, 11) is 1.59. The number of hydrogen-bond donors (Lipinski definition) is 2. The van der Waals surface area contributed by atoms with Gasteiger partial charge in [0.25, 0.3) is 5.91 Å². The van der Waals surface area contributed by atoms with E-state index in [0.717, 1.165) is 12.0 Å². The minimum absolute atomic E-state index is 0.134. The van der Waals surface area contributed by atoms with Gasteiger partial charge in [0, 0.05) is 24.2 Å². The zero-order valence-corrected chi connectivity index (χ0v) is 12.6. The Morgan fingerprint density at radius 3 is 2.65 bits per heavy atom. The number of hydrogen-bond acceptors (Lipinski definition) is 4. The summed E-state index contributed by atoms with van der Waals surface area (Å²) in [5, 5.41) is 2.80. The molecule has 0 radical (unpaired) electrons. The maximum Gasteiger partial charge on any atom is 0.260 e. The standard InChI is InChI=1S/C15H24N2O3/c1-5-8-17-15(18)11(3)20-14-9-12(19-4)6-7-13(14)10(2)16/h6-7,9-11H,5,8,16H2,1-4H3,(H,17,18)/t10-,11?/m1/s1. The molecule has 0 fully saturated rings. The van der Waals surface area contributed by atoms with E-state index in [4.69, 9.17) is 15.2 Å². The fourth-order valence-corrected chi connectivity index (χ4v) is 1.76. The van der Waals surface area contributed by atoms with Crippen LogP contribution < -0.4 is 20.5 Å². The lowest BCUT2D eigenvalue weighted by atomic mass is 10.1. The van der Waals surface area contributed by atoms with Gasteiger partial charge in [-0.3, -0.25) is 4.79 Å². The minimum Gasteiger partial charge on any atom is -0.497 e. The van der Waals surface area contributed by atoms with E-state index in [2.05, 4.69) is 5.32 Å². The summed E-state index contributed by atoms with van der Waals surface area (Å²) < 4.78 is 10.9. The van der Waals surface area contributed by atoms with Crippen molar-refractivity contribution in [2.24, 2.45) is 5.73 Å². The highest BCUT2D eigenvalue weighted by molar-refractivity contribution is 5.80. The Hall–Kier alpha value is -1.75. The molecule has 20 heavy (non-hydrogen) atoms. The van der Waals surface area contributed by atoms with Crippen molar-refractivity contribution in [3.8, 4) is 11.5 Å². The normalized spacial score (nSPS) is 13.4. The number of nitrogens with one attached hydrogen (secondary N) is 1. The lowest BCUT2D eigenvalue weighted by molar-refractivity contribution is -0.127. The van der Waals surface area contributed by atoms with Crippen LogP contribution in [0.25, 0.3) is 0 Å². The third-order valence-corrected chi connectivity index (χ3v) is 2.93. The van der Waals surface area contributed by atoms with Crippen LogP contribution in [0.1, 0.15) is 38.8 Å². The second kappa shape index (κ2) is 7.75. The monoisotopic (exact) mass is 280 g/mol. The molecule has 0 saturated carbocycles. The van der Waals surface area contributed by atoms with E-state index in [9.17, 15) is 4.79 Å². The molecule has 5 heteroatoms. The molecule has 0 bridgehead atoms. The highest BCUT2D eigenvalue weighted by atomic mass is 16.5. The second-order valence-corrected chi connectivity index (χ2v) is 4.74. The van der Waals surface area contributed by atoms with Crippen LogP contribution in [0.3, 0.4) is 0 Å². The highest BCUT2D eigenvalue weighted by Gasteiger charge is 2.17. The van der Waals surface area contributed by atoms with Crippen molar-refractivity contribution >= 4 is 5.91 Å². The summed E-state index contributed by atoms with van der Waals surface area (Å²) in [4.78, 5) is 11.8. The van der Waals surface area contributed by atoms with Gasteiger partial charge in [-0.1, -0.05) is 13.0 Å². The minimum atomic E-state index is -0.578. The first-order valence-electron chi connectivity index (χ1n) is 6.87. The smallest absolute Gasteiger partial charge is 0.260 e. The molecule has 1 aromatic rings. The molecule has 0 aliphatic heterocycles. The maximum atomic E-state index is 11.8. The van der Waals surface area contributed by atoms with Gasteiger partial charge in [0.2, 0.25) is 0 Å². The molecule has 1 rings (SSSR count). The van der Waals surface area contributed by atoms with E-state index in [0.29, 0.717) is 18.0 Å². The van der Waals surface area contributed by atoms with Gasteiger partial charge in [0.15, 0.2) is 6.10 Å². The van der Waals surface area contributed by atoms with Crippen LogP contribution >= 0.6 is 0 Å². The van der Waals surface area contributed by atoms with E-state index < -0.39 is 6.10 Å². The first kappa shape index (κ1) is 16.3. The largest absolute Gasteiger partial charge is 0.497 e. The van der Waals surface area contributed by atoms with Gasteiger partial charge in [-0.25, -0.2) is 0 Å². The van der Waals surface area contributed by atoms with Crippen LogP contribution in [0.5, 0.6) is 11.5 Å². The number of ether oxygens (including phenoxy) is 2. The molecule has 5 nitrogen and oxygen atoms in total. The lowest BCUT2D eigenvalue weighted by Gasteiger charge is -2.19. The summed E-state index contributed by atoms with van der Waals surface area (Å²) in [5.74, 6) is 1.12. The Labute approximate surface area is 120 Å². The summed E-state index contributed by atoms with van der Waals surface area (Å²) in [5.41, 5.74) is 6.76. The van der Waals surface area contributed by atoms with Gasteiger partial charge in [-0.05, 0) is 26.3 Å². The lowest BCUT2D eigenvalue weighted by Crippen LogP contribution is -2.36. The summed E-state index contributed by atoms with van der Waals surface area (Å²) >= 11 is 0. The molecule has 112 valence electrons. The number of amides is 1. The molecule has 0 aliphatic rings. The molecule has 2 atom stereocenters. The molecular weight excluding hydrogens is 256 g/mol. The van der Waals surface area contributed by atoms with E-state index in [1.54, 1.807) is 20.1 Å². The van der Waals surface area contributed by atoms with Gasteiger partial charge in [0.1, 0.15) is 11.5 Å². The van der Waals surface area contributed by atoms with Crippen LogP contribution in [0.15, 0.2) is 18.2 Å². The summed E-state index contributed by atoms with van der Waals surface area (Å²) in [6.45, 7) is 6.23. The maximum absolute atomic E-state index is 11.8. The first-order valence-corrected chi connectivity index (χ1v) is 6.87. The molecule has 1 unspecified atom stereocenters. The van der Waals surface area contributed by atoms with E-state index in [1.807, 2.05) is 26.0 Å². The van der Waals surface area contributed by atoms with Gasteiger partial charge < -0.3 is 20.5 Å². The van der Waals surface area contributed by atoms with Gasteiger partial charge in [-0.15, -0.1) is 0 Å². The van der Waals surface area contributed by atoms with Gasteiger partial charge >= 0.3 is 0 Å². The second-order valence-electron chi connectivity index (χ2n) is 4.74. The predicted octanol–water partition coefficient (Wildman–Crippen LogP) is 2.01. The molecule has 0 aliphatic carbocycles. The molecule has 1 aromatic carbocycles. The van der Waals surface area contributed by atoms with Gasteiger partial charge in [-0.2, -0.15) is 0 Å². The fourth-order valence-electron chi connectivity index (χ4n) is 1.76. The molecule has 0 saturated heterocycles. The van der Waals surface area contributed by atoms with E-state index in [1.165, 1.54) is 0 Å². The van der Waals surface area contributed by atoms with Gasteiger partial charge in [0.05, 0.1) is 7.11 Å². The van der Waals surface area contributed by atoms with Crippen molar-refractivity contribution in [3.63, 3.8) is 0 Å². The molecule has 0 spiro atoms. The Bertz CT molecular complexity index is 447. The Morgan fingerprint density at radius 2 is 2.10 bits per heavy atom. The molecule has 0 aromatic heterocycles. The van der Waals surface area contributed by atoms with Crippen molar-refractivity contribution in [1.29, 1.82) is 0 Å². The SMILES string of the molecule is CCCNC(=O)C(C)Oc1cc(OC)ccc1[C@@H](C)N. The third-order valence-electron chi connectivity index (χ3n) is 2.93. The van der Waals surface area contributed by atoms with Crippen LogP contribution in [-0.4, -0.2) is 25.7 Å². The Balaban J connectivity index is 2.86. The zero-order chi connectivity index (χ0) is 15.1. The number of carbonyl (C=O) groups excluding carboxylic acids is 1. The molecular formula is C15H24N2O3. The fraction of sp³-hybridized carbons (Fsp3) is 0.533. The van der Waals surface area contributed by atoms with Crippen molar-refractivity contribution in [2.75, 3.05) is 13.7 Å². The Morgan fingerprint density at radius 1 is 1.40 bits per heavy atom. The predicted molar refractivity (Wildman–Crippen MR) is 79.0 cm³/mol. The number of benzene rings is 1. The quantitative estimate of drug-likeness (QED) is 0.801. The number of rotatable bonds is 7. The Kier molecular flexibility index (Phi) is 6.31. The number of nitrogens with two attached hydrogens (primary N) is 1. The third kappa shape index (κ3) is 4.42. The zero-order valence-electron chi connectivity index (χ0n) is 12.6. The van der Waals surface area contributed by atoms with Crippen LogP contribution in [0.4, 0.5) is 0 Å². The number of carbonyl (C=O) groups is 1. The number of methoxy groups -OCH3 is 1. The van der Waals surface area contributed by atoms with E-state index in [-0.39, 0.29) is 11.9 Å². The molecule has 1 amide bonds. The van der Waals surface area contributed by atoms with Crippen molar-refractivity contribution in [3.05, 3.63) is 23.8 Å². The first-order chi connectivity index (χ1) is 9.49. The average Bonchev–Trinajstić information content (AvgIpc) is 2.44. The van der Waals surface area contributed by atoms with Crippen molar-refractivity contribution in [1.82, 2.24) is 5.32 Å².